The predicted octanol–water partition coefficient (Wildman–Crippen LogP) is 4.66. The van der Waals surface area contributed by atoms with E-state index < -0.39 is 17.7 Å². The largest absolute Gasteiger partial charge is 0.465 e. The van der Waals surface area contributed by atoms with Crippen LogP contribution in [0, 0.1) is 12.7 Å². The second-order valence-electron chi connectivity index (χ2n) is 6.16. The van der Waals surface area contributed by atoms with Crippen molar-refractivity contribution in [1.82, 2.24) is 0 Å². The number of aryl methyl sites for hydroxylation is 1. The third kappa shape index (κ3) is 3.51. The van der Waals surface area contributed by atoms with E-state index in [0.29, 0.717) is 11.4 Å². The van der Waals surface area contributed by atoms with E-state index in [4.69, 9.17) is 16.3 Å². The van der Waals surface area contributed by atoms with Crippen molar-refractivity contribution in [2.24, 2.45) is 0 Å². The summed E-state index contributed by atoms with van der Waals surface area (Å²) in [7, 11) is 1.26. The van der Waals surface area contributed by atoms with Gasteiger partial charge in [0, 0.05) is 5.70 Å². The summed E-state index contributed by atoms with van der Waals surface area (Å²) >= 11 is 5.86. The van der Waals surface area contributed by atoms with Crippen molar-refractivity contribution < 1.29 is 18.7 Å². The first kappa shape index (κ1) is 18.9. The maximum absolute atomic E-state index is 13.5. The minimum Gasteiger partial charge on any atom is -0.465 e. The number of hydrogen-bond acceptors (Lipinski definition) is 3. The van der Waals surface area contributed by atoms with Crippen LogP contribution in [0.2, 0.25) is 5.02 Å². The second-order valence-corrected chi connectivity index (χ2v) is 6.57. The molecule has 3 rings (SSSR count). The number of amides is 1. The normalized spacial score (nSPS) is 15.7. The number of methoxy groups -OCH3 is 1. The Morgan fingerprint density at radius 2 is 1.81 bits per heavy atom. The molecule has 1 aliphatic heterocycles. The number of hydrogen-bond donors (Lipinski definition) is 0. The molecule has 0 spiro atoms. The summed E-state index contributed by atoms with van der Waals surface area (Å²) in [5, 5.41) is -0.108. The number of ether oxygens (including phenoxy) is 1. The molecule has 0 N–H and O–H groups in total. The summed E-state index contributed by atoms with van der Waals surface area (Å²) in [5.41, 5.74) is 3.01. The van der Waals surface area contributed by atoms with Crippen LogP contribution >= 0.6 is 11.6 Å². The zero-order valence-electron chi connectivity index (χ0n) is 15.0. The van der Waals surface area contributed by atoms with Crippen LogP contribution in [0.25, 0.3) is 6.08 Å². The lowest BCUT2D eigenvalue weighted by Crippen LogP contribution is -2.24. The van der Waals surface area contributed by atoms with Crippen molar-refractivity contribution in [2.75, 3.05) is 12.0 Å². The van der Waals surface area contributed by atoms with Gasteiger partial charge in [0.15, 0.2) is 0 Å². The quantitative estimate of drug-likeness (QED) is 0.570. The molecule has 0 aliphatic carbocycles. The Kier molecular flexibility index (Phi) is 5.15. The average Bonchev–Trinajstić information content (AvgIpc) is 2.89. The molecule has 1 heterocycles. The highest BCUT2D eigenvalue weighted by molar-refractivity contribution is 6.31. The summed E-state index contributed by atoms with van der Waals surface area (Å²) < 4.78 is 18.4. The van der Waals surface area contributed by atoms with Crippen LogP contribution in [0.1, 0.15) is 18.1 Å². The molecule has 0 radical (unpaired) electrons. The summed E-state index contributed by atoms with van der Waals surface area (Å²) in [6, 6.07) is 11.5. The number of carbonyl (C=O) groups is 2. The van der Waals surface area contributed by atoms with Gasteiger partial charge < -0.3 is 4.74 Å². The molecular formula is C21H17ClFNO3. The first-order valence-electron chi connectivity index (χ1n) is 8.21. The number of rotatable bonds is 3. The van der Waals surface area contributed by atoms with E-state index in [1.165, 1.54) is 30.2 Å². The van der Waals surface area contributed by atoms with Crippen molar-refractivity contribution >= 4 is 35.2 Å². The zero-order chi connectivity index (χ0) is 19.7. The van der Waals surface area contributed by atoms with Gasteiger partial charge >= 0.3 is 5.97 Å². The smallest absolute Gasteiger partial charge is 0.340 e. The van der Waals surface area contributed by atoms with Crippen LogP contribution < -0.4 is 4.90 Å². The molecule has 4 nitrogen and oxygen atoms in total. The van der Waals surface area contributed by atoms with Gasteiger partial charge in [0.05, 0.1) is 29.0 Å². The number of esters is 1. The van der Waals surface area contributed by atoms with Crippen molar-refractivity contribution in [3.05, 3.63) is 81.3 Å². The molecule has 6 heteroatoms. The van der Waals surface area contributed by atoms with E-state index in [-0.39, 0.29) is 16.2 Å². The van der Waals surface area contributed by atoms with Gasteiger partial charge in [-0.3, -0.25) is 9.69 Å². The van der Waals surface area contributed by atoms with Gasteiger partial charge in [0.2, 0.25) is 0 Å². The molecular weight excluding hydrogens is 369 g/mol. The average molecular weight is 386 g/mol. The lowest BCUT2D eigenvalue weighted by molar-refractivity contribution is -0.136. The fourth-order valence-electron chi connectivity index (χ4n) is 2.94. The standard InChI is InChI=1S/C21H17ClFNO3/c1-12-4-6-14(7-5-12)10-16-19(21(26)27-3)13(2)24(20(16)25)15-8-9-18(23)17(22)11-15/h4-11H,1-3H3/b16-10-. The molecule has 27 heavy (non-hydrogen) atoms. The summed E-state index contributed by atoms with van der Waals surface area (Å²) in [4.78, 5) is 26.8. The van der Waals surface area contributed by atoms with Crippen LogP contribution in [-0.4, -0.2) is 19.0 Å². The number of anilines is 1. The minimum atomic E-state index is -0.616. The fraction of sp³-hybridized carbons (Fsp3) is 0.143. The van der Waals surface area contributed by atoms with Gasteiger partial charge in [-0.05, 0) is 43.7 Å². The van der Waals surface area contributed by atoms with Crippen LogP contribution in [0.4, 0.5) is 10.1 Å². The van der Waals surface area contributed by atoms with E-state index in [1.807, 2.05) is 31.2 Å². The Balaban J connectivity index is 2.14. The number of halogens is 2. The van der Waals surface area contributed by atoms with Crippen molar-refractivity contribution in [1.29, 1.82) is 0 Å². The molecule has 0 bridgehead atoms. The molecule has 0 saturated heterocycles. The zero-order valence-corrected chi connectivity index (χ0v) is 15.8. The van der Waals surface area contributed by atoms with E-state index in [9.17, 15) is 14.0 Å². The Hall–Kier alpha value is -2.92. The predicted molar refractivity (Wildman–Crippen MR) is 103 cm³/mol. The van der Waals surface area contributed by atoms with Gasteiger partial charge in [-0.1, -0.05) is 41.4 Å². The lowest BCUT2D eigenvalue weighted by atomic mass is 10.0. The minimum absolute atomic E-state index is 0.108. The first-order valence-corrected chi connectivity index (χ1v) is 8.58. The topological polar surface area (TPSA) is 46.6 Å². The third-order valence-electron chi connectivity index (χ3n) is 4.34. The number of allylic oxidation sites excluding steroid dienone is 1. The van der Waals surface area contributed by atoms with Gasteiger partial charge in [-0.15, -0.1) is 0 Å². The summed E-state index contributed by atoms with van der Waals surface area (Å²) in [5.74, 6) is -1.61. The van der Waals surface area contributed by atoms with E-state index >= 15 is 0 Å². The van der Waals surface area contributed by atoms with Gasteiger partial charge in [0.25, 0.3) is 5.91 Å². The molecule has 2 aromatic carbocycles. The Morgan fingerprint density at radius 3 is 2.41 bits per heavy atom. The first-order chi connectivity index (χ1) is 12.8. The Bertz CT molecular complexity index is 993. The number of nitrogens with zero attached hydrogens (tertiary/aromatic N) is 1. The highest BCUT2D eigenvalue weighted by Crippen LogP contribution is 2.36. The van der Waals surface area contributed by atoms with Crippen molar-refractivity contribution in [2.45, 2.75) is 13.8 Å². The highest BCUT2D eigenvalue weighted by Gasteiger charge is 2.38. The van der Waals surface area contributed by atoms with E-state index in [0.717, 1.165) is 11.1 Å². The van der Waals surface area contributed by atoms with Crippen molar-refractivity contribution in [3.8, 4) is 0 Å². The summed E-state index contributed by atoms with van der Waals surface area (Å²) in [6.07, 6.45) is 1.64. The SMILES string of the molecule is COC(=O)C1=C(C)N(c2ccc(F)c(Cl)c2)C(=O)/C1=C\c1ccc(C)cc1. The fourth-order valence-corrected chi connectivity index (χ4v) is 3.12. The molecule has 0 fully saturated rings. The number of benzene rings is 2. The van der Waals surface area contributed by atoms with Crippen LogP contribution in [0.15, 0.2) is 59.3 Å². The molecule has 1 aliphatic rings. The van der Waals surface area contributed by atoms with E-state index in [2.05, 4.69) is 0 Å². The molecule has 0 unspecified atom stereocenters. The molecule has 138 valence electrons. The van der Waals surface area contributed by atoms with Gasteiger partial charge in [0.1, 0.15) is 5.82 Å². The summed E-state index contributed by atoms with van der Waals surface area (Å²) in [6.45, 7) is 3.60. The maximum atomic E-state index is 13.5. The highest BCUT2D eigenvalue weighted by atomic mass is 35.5. The van der Waals surface area contributed by atoms with Crippen LogP contribution in [-0.2, 0) is 14.3 Å². The van der Waals surface area contributed by atoms with Crippen LogP contribution in [0.5, 0.6) is 0 Å². The van der Waals surface area contributed by atoms with Gasteiger partial charge in [-0.25, -0.2) is 9.18 Å². The van der Waals surface area contributed by atoms with Gasteiger partial charge in [-0.2, -0.15) is 0 Å². The molecule has 0 aromatic heterocycles. The third-order valence-corrected chi connectivity index (χ3v) is 4.63. The Morgan fingerprint density at radius 1 is 1.15 bits per heavy atom. The second kappa shape index (κ2) is 7.37. The molecule has 2 aromatic rings. The number of carbonyl (C=O) groups excluding carboxylic acids is 2. The molecule has 0 atom stereocenters. The van der Waals surface area contributed by atoms with Crippen LogP contribution in [0.3, 0.4) is 0 Å². The van der Waals surface area contributed by atoms with E-state index in [1.54, 1.807) is 13.0 Å². The molecule has 1 amide bonds. The maximum Gasteiger partial charge on any atom is 0.340 e. The monoisotopic (exact) mass is 385 g/mol. The van der Waals surface area contributed by atoms with Crippen molar-refractivity contribution in [3.63, 3.8) is 0 Å². The lowest BCUT2D eigenvalue weighted by Gasteiger charge is -2.18. The Labute approximate surface area is 161 Å². The molecule has 0 saturated carbocycles.